The second kappa shape index (κ2) is 17.4. The number of carboxylic acids is 1. The van der Waals surface area contributed by atoms with E-state index in [1.165, 1.54) is 6.92 Å². The van der Waals surface area contributed by atoms with Crippen LogP contribution in [0.3, 0.4) is 0 Å². The Morgan fingerprint density at radius 2 is 1.23 bits per heavy atom. The lowest BCUT2D eigenvalue weighted by Crippen LogP contribution is -2.68. The summed E-state index contributed by atoms with van der Waals surface area (Å²) in [6.07, 6.45) is -21.5. The van der Waals surface area contributed by atoms with Crippen molar-refractivity contribution >= 4 is 11.9 Å². The Morgan fingerprint density at radius 3 is 1.79 bits per heavy atom. The standard InChI is InChI=1S/C41H64O20/c1-17-12-40-10-6-22-38(3,8-5-9-39(22,4)37(54)55-18(2)33(52)53)23(40)7-11-41(17,16-40)61-36-32(60-35-30(51)28(49)25(46)20(14-43)57-35)31(26(47)21(15-44)58-36)59-34-29(50)27(48)24(45)19(13-42)56-34/h18-32,34-36,42-51H,1,5-16H2,2-4H3,(H,52,53)/t18?,19-,20-,21-,22+,23+,24-,25-,26-,27+,28+,29-,30-,31+,32-,34+,35+,36+,38-,39-,40-,41+/m1/s1. The molecule has 20 heteroatoms. The lowest BCUT2D eigenvalue weighted by atomic mass is 9.41. The summed E-state index contributed by atoms with van der Waals surface area (Å²) < 4.78 is 42.3. The van der Waals surface area contributed by atoms with Crippen LogP contribution in [0.1, 0.15) is 78.6 Å². The van der Waals surface area contributed by atoms with Gasteiger partial charge in [-0.15, -0.1) is 0 Å². The minimum atomic E-state index is -1.93. The molecular formula is C41H64O20. The smallest absolute Gasteiger partial charge is 0.344 e. The fraction of sp³-hybridized carbons (Fsp3) is 0.902. The van der Waals surface area contributed by atoms with E-state index >= 15 is 0 Å². The Kier molecular flexibility index (Phi) is 13.4. The van der Waals surface area contributed by atoms with Gasteiger partial charge in [-0.25, -0.2) is 4.79 Å². The van der Waals surface area contributed by atoms with Gasteiger partial charge in [0.15, 0.2) is 25.0 Å². The molecule has 22 atom stereocenters. The molecule has 3 heterocycles. The third-order valence-corrected chi connectivity index (χ3v) is 15.6. The highest BCUT2D eigenvalue weighted by Crippen LogP contribution is 2.73. The van der Waals surface area contributed by atoms with Crippen molar-refractivity contribution in [1.82, 2.24) is 0 Å². The second-order valence-corrected chi connectivity index (χ2v) is 19.1. The van der Waals surface area contributed by atoms with E-state index in [2.05, 4.69) is 13.5 Å². The van der Waals surface area contributed by atoms with E-state index < -0.39 is 141 Å². The number of fused-ring (bicyclic) bond motifs is 3. The molecule has 0 radical (unpaired) electrons. The minimum absolute atomic E-state index is 0.0923. The zero-order valence-electron chi connectivity index (χ0n) is 34.7. The van der Waals surface area contributed by atoms with Crippen LogP contribution in [-0.4, -0.2) is 192 Å². The van der Waals surface area contributed by atoms with Crippen molar-refractivity contribution in [2.24, 2.45) is 28.1 Å². The average Bonchev–Trinajstić information content (AvgIpc) is 3.42. The number of aliphatic carboxylic acids is 1. The molecule has 1 unspecified atom stereocenters. The molecular weight excluding hydrogens is 812 g/mol. The lowest BCUT2D eigenvalue weighted by molar-refractivity contribution is -0.400. The first-order valence-electron chi connectivity index (χ1n) is 21.4. The van der Waals surface area contributed by atoms with Gasteiger partial charge in [0.1, 0.15) is 73.2 Å². The number of ether oxygens (including phenoxy) is 7. The third-order valence-electron chi connectivity index (χ3n) is 15.6. The number of hydrogen-bond acceptors (Lipinski definition) is 19. The van der Waals surface area contributed by atoms with Crippen LogP contribution in [0.5, 0.6) is 0 Å². The molecule has 7 aliphatic rings. The topological polar surface area (TPSA) is 321 Å². The molecule has 7 fully saturated rings. The van der Waals surface area contributed by atoms with Crippen LogP contribution in [-0.2, 0) is 42.7 Å². The van der Waals surface area contributed by atoms with Gasteiger partial charge >= 0.3 is 11.9 Å². The van der Waals surface area contributed by atoms with Gasteiger partial charge in [0.25, 0.3) is 0 Å². The Balaban J connectivity index is 1.19. The number of carbonyl (C=O) groups excluding carboxylic acids is 1. The van der Waals surface area contributed by atoms with Crippen molar-refractivity contribution in [1.29, 1.82) is 0 Å². The highest BCUT2D eigenvalue weighted by molar-refractivity contribution is 5.81. The molecule has 20 nitrogen and oxygen atoms in total. The number of esters is 1. The zero-order valence-corrected chi connectivity index (χ0v) is 34.7. The van der Waals surface area contributed by atoms with E-state index in [0.29, 0.717) is 44.9 Å². The lowest BCUT2D eigenvalue weighted by Gasteiger charge is -2.64. The molecule has 3 aliphatic heterocycles. The van der Waals surface area contributed by atoms with Crippen molar-refractivity contribution in [3.63, 3.8) is 0 Å². The van der Waals surface area contributed by atoms with E-state index in [1.54, 1.807) is 0 Å². The Morgan fingerprint density at radius 1 is 0.705 bits per heavy atom. The van der Waals surface area contributed by atoms with Gasteiger partial charge in [0.2, 0.25) is 0 Å². The van der Waals surface area contributed by atoms with Crippen molar-refractivity contribution < 1.29 is 98.9 Å². The van der Waals surface area contributed by atoms with Crippen molar-refractivity contribution in [2.45, 2.75) is 182 Å². The van der Waals surface area contributed by atoms with Crippen LogP contribution < -0.4 is 0 Å². The van der Waals surface area contributed by atoms with E-state index in [9.17, 15) is 65.8 Å². The maximum absolute atomic E-state index is 13.7. The first-order valence-corrected chi connectivity index (χ1v) is 21.4. The molecule has 0 aromatic carbocycles. The number of carboxylic acid groups (broad SMARTS) is 1. The molecule has 1 spiro atoms. The summed E-state index contributed by atoms with van der Waals surface area (Å²) in [5.41, 5.74) is -1.94. The van der Waals surface area contributed by atoms with Crippen LogP contribution >= 0.6 is 0 Å². The van der Waals surface area contributed by atoms with Crippen LogP contribution in [0, 0.1) is 28.1 Å². The fourth-order valence-corrected chi connectivity index (χ4v) is 12.4. The Bertz CT molecular complexity index is 1610. The quantitative estimate of drug-likeness (QED) is 0.0551. The van der Waals surface area contributed by atoms with E-state index in [1.807, 2.05) is 6.92 Å². The van der Waals surface area contributed by atoms with Gasteiger partial charge in [-0.3, -0.25) is 4.79 Å². The molecule has 4 saturated carbocycles. The number of aliphatic hydroxyl groups is 10. The summed E-state index contributed by atoms with van der Waals surface area (Å²) >= 11 is 0. The summed E-state index contributed by atoms with van der Waals surface area (Å²) in [5.74, 6) is -1.73. The molecule has 0 aromatic heterocycles. The van der Waals surface area contributed by atoms with Gasteiger partial charge in [-0.1, -0.05) is 19.9 Å². The van der Waals surface area contributed by atoms with Gasteiger partial charge in [-0.05, 0) is 93.5 Å². The molecule has 348 valence electrons. The predicted molar refractivity (Wildman–Crippen MR) is 202 cm³/mol. The summed E-state index contributed by atoms with van der Waals surface area (Å²) in [4.78, 5) is 25.3. The Hall–Kier alpha value is -1.96. The van der Waals surface area contributed by atoms with E-state index in [4.69, 9.17) is 33.2 Å². The normalized spacial score (nSPS) is 51.6. The molecule has 0 aromatic rings. The fourth-order valence-electron chi connectivity index (χ4n) is 12.4. The summed E-state index contributed by atoms with van der Waals surface area (Å²) in [7, 11) is 0. The van der Waals surface area contributed by atoms with E-state index in [-0.39, 0.29) is 22.7 Å². The van der Waals surface area contributed by atoms with Crippen molar-refractivity contribution in [3.05, 3.63) is 12.2 Å². The maximum Gasteiger partial charge on any atom is 0.344 e. The number of hydrogen-bond donors (Lipinski definition) is 11. The highest BCUT2D eigenvalue weighted by atomic mass is 16.8. The van der Waals surface area contributed by atoms with Gasteiger partial charge in [0.05, 0.1) is 30.8 Å². The molecule has 3 saturated heterocycles. The molecule has 11 N–H and O–H groups in total. The zero-order chi connectivity index (χ0) is 44.6. The predicted octanol–water partition coefficient (Wildman–Crippen LogP) is -2.44. The monoisotopic (exact) mass is 876 g/mol. The maximum atomic E-state index is 13.7. The number of rotatable bonds is 12. The highest BCUT2D eigenvalue weighted by Gasteiger charge is 2.69. The van der Waals surface area contributed by atoms with Gasteiger partial charge < -0.3 is 89.3 Å². The minimum Gasteiger partial charge on any atom is -0.479 e. The summed E-state index contributed by atoms with van der Waals surface area (Å²) in [6.45, 7) is 7.57. The van der Waals surface area contributed by atoms with Crippen LogP contribution in [0.4, 0.5) is 0 Å². The van der Waals surface area contributed by atoms with Crippen molar-refractivity contribution in [3.8, 4) is 0 Å². The van der Waals surface area contributed by atoms with Gasteiger partial charge in [-0.2, -0.15) is 0 Å². The average molecular weight is 877 g/mol. The molecule has 2 bridgehead atoms. The van der Waals surface area contributed by atoms with Crippen LogP contribution in [0.15, 0.2) is 12.2 Å². The first kappa shape index (κ1) is 47.0. The second-order valence-electron chi connectivity index (χ2n) is 19.1. The Labute approximate surface area is 352 Å². The first-order chi connectivity index (χ1) is 28.7. The molecule has 61 heavy (non-hydrogen) atoms. The summed E-state index contributed by atoms with van der Waals surface area (Å²) in [5, 5.41) is 115. The summed E-state index contributed by atoms with van der Waals surface area (Å²) in [6, 6.07) is 0. The van der Waals surface area contributed by atoms with E-state index in [0.717, 1.165) is 18.4 Å². The van der Waals surface area contributed by atoms with Crippen LogP contribution in [0.25, 0.3) is 0 Å². The molecule has 7 rings (SSSR count). The largest absolute Gasteiger partial charge is 0.479 e. The number of aliphatic hydroxyl groups excluding tert-OH is 10. The van der Waals surface area contributed by atoms with Crippen LogP contribution in [0.2, 0.25) is 0 Å². The SMILES string of the molecule is C=C1C[C@@]23CC[C@H]4[C@@](C)(CCC[C@@]4(C)C(=O)OC(C)C(=O)O)[C@@H]2CC[C@]1(O[C@@H]1O[C@H](CO)[C@@H](O)[C@H](O[C@@H]2O[C@H](CO)[C@@H](O)[C@H](O)[C@H]2O)[C@H]1O[C@@H]1O[C@H](CO)[C@@H](O)[C@H](O)[C@H]1O)C3. The molecule has 4 aliphatic carbocycles. The third kappa shape index (κ3) is 7.89. The molecule has 0 amide bonds. The van der Waals surface area contributed by atoms with Crippen molar-refractivity contribution in [2.75, 3.05) is 19.8 Å². The number of carbonyl (C=O) groups is 2. The van der Waals surface area contributed by atoms with Gasteiger partial charge in [0, 0.05) is 0 Å².